The number of carbonyl (C=O) groups is 2. The van der Waals surface area contributed by atoms with E-state index in [1.165, 1.54) is 14.0 Å². The van der Waals surface area contributed by atoms with E-state index < -0.39 is 122 Å². The molecular formula is C33H54F3NO15. The van der Waals surface area contributed by atoms with Gasteiger partial charge < -0.3 is 64.2 Å². The van der Waals surface area contributed by atoms with Crippen molar-refractivity contribution in [1.29, 1.82) is 0 Å². The molecule has 2 heterocycles. The number of ether oxygens (including phenoxy) is 6. The van der Waals surface area contributed by atoms with Crippen LogP contribution in [0.1, 0.15) is 71.6 Å². The van der Waals surface area contributed by atoms with Gasteiger partial charge in [-0.3, -0.25) is 10.1 Å². The molecule has 10 unspecified atom stereocenters. The zero-order chi connectivity index (χ0) is 38.5. The molecule has 0 spiro atoms. The van der Waals surface area contributed by atoms with Gasteiger partial charge in [0.25, 0.3) is 0 Å². The molecule has 302 valence electrons. The summed E-state index contributed by atoms with van der Waals surface area (Å²) in [6, 6.07) is -1.92. The summed E-state index contributed by atoms with van der Waals surface area (Å²) in [5, 5.41) is 74.9. The minimum absolute atomic E-state index is 0.0104. The number of carboxylic acids is 1. The lowest BCUT2D eigenvalue weighted by molar-refractivity contribution is -0.341. The van der Waals surface area contributed by atoms with Gasteiger partial charge in [0.15, 0.2) is 18.7 Å². The minimum atomic E-state index is -5.25. The summed E-state index contributed by atoms with van der Waals surface area (Å²) in [6.45, 7) is 2.30. The summed E-state index contributed by atoms with van der Waals surface area (Å²) >= 11 is 0. The van der Waals surface area contributed by atoms with Crippen LogP contribution in [0.15, 0.2) is 0 Å². The van der Waals surface area contributed by atoms with Crippen molar-refractivity contribution in [3.05, 3.63) is 0 Å². The number of aliphatic hydroxyl groups is 6. The Morgan fingerprint density at radius 2 is 1.60 bits per heavy atom. The van der Waals surface area contributed by atoms with Crippen LogP contribution in [0.4, 0.5) is 13.2 Å². The van der Waals surface area contributed by atoms with Crippen LogP contribution in [-0.2, 0) is 38.0 Å². The monoisotopic (exact) mass is 761 g/mol. The summed E-state index contributed by atoms with van der Waals surface area (Å²) < 4.78 is 76.1. The second-order valence-electron chi connectivity index (χ2n) is 14.3. The lowest BCUT2D eigenvalue weighted by Crippen LogP contribution is -2.69. The summed E-state index contributed by atoms with van der Waals surface area (Å²) in [5.41, 5.74) is 0. The van der Waals surface area contributed by atoms with Gasteiger partial charge in [-0.05, 0) is 38.0 Å². The molecule has 4 rings (SSSR count). The number of nitrogens with one attached hydrogen (secondary N) is 1. The number of hydrogen-bond donors (Lipinski definition) is 8. The van der Waals surface area contributed by atoms with Gasteiger partial charge in [0, 0.05) is 0 Å². The van der Waals surface area contributed by atoms with E-state index in [2.05, 4.69) is 0 Å². The summed E-state index contributed by atoms with van der Waals surface area (Å²) in [5.74, 6) is -3.50. The Morgan fingerprint density at radius 1 is 0.923 bits per heavy atom. The van der Waals surface area contributed by atoms with Crippen molar-refractivity contribution < 1.29 is 86.9 Å². The highest BCUT2D eigenvalue weighted by molar-refractivity contribution is 5.72. The van der Waals surface area contributed by atoms with Crippen LogP contribution < -0.4 is 5.32 Å². The van der Waals surface area contributed by atoms with E-state index in [0.717, 1.165) is 19.3 Å². The van der Waals surface area contributed by atoms with Crippen LogP contribution >= 0.6 is 0 Å². The first-order valence-corrected chi connectivity index (χ1v) is 17.9. The Morgan fingerprint density at radius 3 is 2.17 bits per heavy atom. The quantitative estimate of drug-likeness (QED) is 0.0853. The van der Waals surface area contributed by atoms with Gasteiger partial charge >= 0.3 is 18.1 Å². The molecule has 4 aliphatic rings. The Hall–Kier alpha value is -1.75. The molecule has 0 aromatic rings. The zero-order valence-corrected chi connectivity index (χ0v) is 29.4. The molecule has 2 saturated heterocycles. The maximum Gasteiger partial charge on any atom is 0.427 e. The van der Waals surface area contributed by atoms with Crippen molar-refractivity contribution >= 4 is 11.9 Å². The Labute approximate surface area is 299 Å². The number of carboxylic acid groups (broad SMARTS) is 1. The second kappa shape index (κ2) is 18.7. The van der Waals surface area contributed by atoms with E-state index in [-0.39, 0.29) is 25.2 Å². The molecular weight excluding hydrogens is 707 g/mol. The van der Waals surface area contributed by atoms with Gasteiger partial charge in [-0.25, -0.2) is 4.79 Å². The average Bonchev–Trinajstić information content (AvgIpc) is 3.11. The molecule has 16 nitrogen and oxygen atoms in total. The van der Waals surface area contributed by atoms with Gasteiger partial charge in [0.1, 0.15) is 36.6 Å². The third-order valence-electron chi connectivity index (χ3n) is 10.8. The fourth-order valence-corrected chi connectivity index (χ4v) is 7.79. The van der Waals surface area contributed by atoms with Gasteiger partial charge in [0.2, 0.25) is 6.23 Å². The predicted octanol–water partition coefficient (Wildman–Crippen LogP) is -0.0807. The molecule has 0 aromatic heterocycles. The normalized spacial score (nSPS) is 40.5. The first kappa shape index (κ1) is 43.0. The number of rotatable bonds is 14. The Balaban J connectivity index is 1.71. The first-order valence-electron chi connectivity index (χ1n) is 17.9. The minimum Gasteiger partial charge on any atom is -0.479 e. The summed E-state index contributed by atoms with van der Waals surface area (Å²) in [7, 11) is 1.17. The summed E-state index contributed by atoms with van der Waals surface area (Å²) in [6.07, 6.45) is -22.6. The maximum absolute atomic E-state index is 13.8. The number of carbonyl (C=O) groups excluding carboxylic acids is 1. The van der Waals surface area contributed by atoms with Crippen LogP contribution in [-0.4, -0.2) is 153 Å². The number of aliphatic hydroxyl groups excluding tert-OH is 6. The lowest BCUT2D eigenvalue weighted by atomic mass is 9.76. The van der Waals surface area contributed by atoms with Crippen LogP contribution in [0.5, 0.6) is 0 Å². The third kappa shape index (κ3) is 10.3. The number of methoxy groups -OCH3 is 1. The van der Waals surface area contributed by atoms with Crippen molar-refractivity contribution in [3.63, 3.8) is 0 Å². The Kier molecular flexibility index (Phi) is 15.5. The van der Waals surface area contributed by atoms with Gasteiger partial charge in [-0.2, -0.15) is 13.2 Å². The van der Waals surface area contributed by atoms with Crippen molar-refractivity contribution in [2.24, 2.45) is 17.8 Å². The molecule has 52 heavy (non-hydrogen) atoms. The number of hydrogen-bond acceptors (Lipinski definition) is 15. The van der Waals surface area contributed by atoms with Crippen molar-refractivity contribution in [3.8, 4) is 0 Å². The second-order valence-corrected chi connectivity index (χ2v) is 14.3. The molecule has 2 saturated carbocycles. The van der Waals surface area contributed by atoms with Crippen LogP contribution in [0, 0.1) is 17.8 Å². The molecule has 0 bridgehead atoms. The predicted molar refractivity (Wildman–Crippen MR) is 169 cm³/mol. The van der Waals surface area contributed by atoms with E-state index in [0.29, 0.717) is 19.3 Å². The number of alkyl halides is 3. The van der Waals surface area contributed by atoms with E-state index >= 15 is 0 Å². The standard InChI is InChI=1S/C33H54F3NO15/c1-4-16-11-17(29(45)47-3)12-18(26(16)52-31-25(42)24(41)22(39)14(2)48-31)50-30-21(37-32(46)33(34,35)36)27(23(40)20(13-38)51-30)49-19(28(43)44)10-15-8-6-5-7-9-15/h14-27,30-32,37-42,46H,4-13H2,1-3H3,(H,43,44)/t14-,16?,17?,18+,19-,20?,21?,22?,23-,24?,25-,26?,27?,30+,31?,32?/m0/s1. The molecule has 4 fully saturated rings. The maximum atomic E-state index is 13.8. The van der Waals surface area contributed by atoms with Crippen molar-refractivity contribution in [2.75, 3.05) is 13.7 Å². The SMILES string of the molecule is CCC1CC(C(=O)OC)C[C@@H](O[C@@H]2OC(CO)[C@H](O)C(O[C@@H](CC3CCCCC3)C(=O)O)C2NC(O)C(F)(F)F)C1OC1O[C@@H](C)C(O)C(O)[C@@H]1O. The van der Waals surface area contributed by atoms with E-state index in [1.54, 1.807) is 6.92 Å². The van der Waals surface area contributed by atoms with Crippen LogP contribution in [0.3, 0.4) is 0 Å². The third-order valence-corrected chi connectivity index (χ3v) is 10.8. The number of halogens is 3. The highest BCUT2D eigenvalue weighted by Crippen LogP contribution is 2.40. The first-order chi connectivity index (χ1) is 24.5. The van der Waals surface area contributed by atoms with Gasteiger partial charge in [-0.1, -0.05) is 45.4 Å². The molecule has 2 aliphatic heterocycles. The fourth-order valence-electron chi connectivity index (χ4n) is 7.79. The molecule has 2 aliphatic carbocycles. The highest BCUT2D eigenvalue weighted by Gasteiger charge is 2.54. The smallest absolute Gasteiger partial charge is 0.427 e. The topological polar surface area (TPSA) is 243 Å². The molecule has 19 heteroatoms. The zero-order valence-electron chi connectivity index (χ0n) is 29.4. The largest absolute Gasteiger partial charge is 0.479 e. The van der Waals surface area contributed by atoms with Crippen molar-refractivity contribution in [1.82, 2.24) is 5.32 Å². The van der Waals surface area contributed by atoms with Crippen LogP contribution in [0.25, 0.3) is 0 Å². The molecule has 0 amide bonds. The molecule has 0 aromatic carbocycles. The molecule has 8 N–H and O–H groups in total. The fraction of sp³-hybridized carbons (Fsp3) is 0.939. The van der Waals surface area contributed by atoms with Crippen molar-refractivity contribution in [2.45, 2.75) is 164 Å². The van der Waals surface area contributed by atoms with Gasteiger partial charge in [0.05, 0.1) is 44.0 Å². The molecule has 16 atom stereocenters. The van der Waals surface area contributed by atoms with Crippen LogP contribution in [0.2, 0.25) is 0 Å². The average molecular weight is 762 g/mol. The number of esters is 1. The highest BCUT2D eigenvalue weighted by atomic mass is 19.4. The molecule has 0 radical (unpaired) electrons. The van der Waals surface area contributed by atoms with E-state index in [9.17, 15) is 58.5 Å². The van der Waals surface area contributed by atoms with Gasteiger partial charge in [-0.15, -0.1) is 0 Å². The Bertz CT molecular complexity index is 1150. The van der Waals surface area contributed by atoms with E-state index in [4.69, 9.17) is 28.4 Å². The summed E-state index contributed by atoms with van der Waals surface area (Å²) in [4.78, 5) is 25.2. The lowest BCUT2D eigenvalue weighted by Gasteiger charge is -2.49. The number of aliphatic carboxylic acids is 1. The van der Waals surface area contributed by atoms with E-state index in [1.807, 2.05) is 5.32 Å².